The van der Waals surface area contributed by atoms with Crippen molar-refractivity contribution in [1.29, 1.82) is 0 Å². The Labute approximate surface area is 138 Å². The van der Waals surface area contributed by atoms with Crippen LogP contribution in [0.5, 0.6) is 0 Å². The van der Waals surface area contributed by atoms with Crippen LogP contribution in [0.4, 0.5) is 0 Å². The molecule has 10 nitrogen and oxygen atoms in total. The molecule has 1 rings (SSSR count). The zero-order valence-electron chi connectivity index (χ0n) is 13.9. The van der Waals surface area contributed by atoms with Gasteiger partial charge in [0.1, 0.15) is 18.8 Å². The van der Waals surface area contributed by atoms with Crippen LogP contribution in [0.25, 0.3) is 0 Å². The molecule has 0 aromatic carbocycles. The van der Waals surface area contributed by atoms with Crippen LogP contribution in [0.3, 0.4) is 0 Å². The van der Waals surface area contributed by atoms with Gasteiger partial charge in [0, 0.05) is 27.7 Å². The van der Waals surface area contributed by atoms with Crippen LogP contribution in [0.1, 0.15) is 27.7 Å². The number of esters is 2. The first kappa shape index (κ1) is 19.8. The Balaban J connectivity index is 3.11. The van der Waals surface area contributed by atoms with Crippen molar-refractivity contribution in [2.75, 3.05) is 6.61 Å². The van der Waals surface area contributed by atoms with Crippen LogP contribution in [0.2, 0.25) is 0 Å². The molecule has 3 N–H and O–H groups in total. The van der Waals surface area contributed by atoms with Crippen LogP contribution >= 0.6 is 0 Å². The van der Waals surface area contributed by atoms with E-state index in [1.165, 1.54) is 20.8 Å². The minimum atomic E-state index is -1.50. The van der Waals surface area contributed by atoms with Crippen LogP contribution in [0.15, 0.2) is 0 Å². The van der Waals surface area contributed by atoms with E-state index in [0.717, 1.165) is 6.92 Å². The molecule has 2 amide bonds. The topological polar surface area (TPSA) is 140 Å². The fraction of sp³-hybridized carbons (Fsp3) is 0.714. The monoisotopic (exact) mass is 346 g/mol. The molecule has 10 heteroatoms. The average Bonchev–Trinajstić information content (AvgIpc) is 2.42. The summed E-state index contributed by atoms with van der Waals surface area (Å²) in [7, 11) is 0. The summed E-state index contributed by atoms with van der Waals surface area (Å²) < 4.78 is 15.3. The molecule has 0 aliphatic carbocycles. The van der Waals surface area contributed by atoms with Crippen LogP contribution in [-0.2, 0) is 33.4 Å². The highest BCUT2D eigenvalue weighted by Crippen LogP contribution is 2.23. The number of aliphatic hydroxyl groups is 1. The molecule has 1 aliphatic heterocycles. The summed E-state index contributed by atoms with van der Waals surface area (Å²) in [6.07, 6.45) is -3.60. The van der Waals surface area contributed by atoms with Crippen molar-refractivity contribution in [3.63, 3.8) is 0 Å². The number of rotatable bonds is 5. The molecule has 1 saturated heterocycles. The van der Waals surface area contributed by atoms with Crippen molar-refractivity contribution in [1.82, 2.24) is 10.6 Å². The maximum Gasteiger partial charge on any atom is 0.303 e. The summed E-state index contributed by atoms with van der Waals surface area (Å²) >= 11 is 0. The number of nitrogens with one attached hydrogen (secondary N) is 2. The number of hydrogen-bond acceptors (Lipinski definition) is 8. The van der Waals surface area contributed by atoms with Gasteiger partial charge < -0.3 is 30.0 Å². The summed E-state index contributed by atoms with van der Waals surface area (Å²) in [4.78, 5) is 45.2. The van der Waals surface area contributed by atoms with Gasteiger partial charge in [0.15, 0.2) is 12.4 Å². The quantitative estimate of drug-likeness (QED) is 0.496. The lowest BCUT2D eigenvalue weighted by atomic mass is 9.93. The first-order valence-corrected chi connectivity index (χ1v) is 7.30. The van der Waals surface area contributed by atoms with Gasteiger partial charge in [-0.25, -0.2) is 0 Å². The third-order valence-electron chi connectivity index (χ3n) is 3.22. The Bertz CT molecular complexity index is 509. The molecule has 0 saturated carbocycles. The van der Waals surface area contributed by atoms with E-state index in [1.807, 2.05) is 0 Å². The lowest BCUT2D eigenvalue weighted by Gasteiger charge is -2.44. The van der Waals surface area contributed by atoms with Gasteiger partial charge in [0.05, 0.1) is 6.04 Å². The standard InChI is InChI=1S/C14H22N2O8/c1-6(17)15-11-12(16-7(2)18)14(21)24-10(5-22-8(3)19)13(11)23-9(4)20/h10-14,21H,5H2,1-4H3,(H,15,17)(H,16,18)/t10-,11-,12-,13-,14+/m1/s1. The molecule has 136 valence electrons. The highest BCUT2D eigenvalue weighted by Gasteiger charge is 2.48. The minimum absolute atomic E-state index is 0.298. The predicted octanol–water partition coefficient (Wildman–Crippen LogP) is -1.79. The summed E-state index contributed by atoms with van der Waals surface area (Å²) in [6.45, 7) is 4.51. The van der Waals surface area contributed by atoms with E-state index in [9.17, 15) is 24.3 Å². The number of carbonyl (C=O) groups is 4. The Kier molecular flexibility index (Phi) is 7.11. The zero-order valence-corrected chi connectivity index (χ0v) is 13.9. The molecular weight excluding hydrogens is 324 g/mol. The Morgan fingerprint density at radius 2 is 1.50 bits per heavy atom. The summed E-state index contributed by atoms with van der Waals surface area (Å²) in [5, 5.41) is 15.1. The Hall–Kier alpha value is -2.20. The smallest absolute Gasteiger partial charge is 0.303 e. The van der Waals surface area contributed by atoms with Gasteiger partial charge in [-0.1, -0.05) is 0 Å². The zero-order chi connectivity index (χ0) is 18.4. The van der Waals surface area contributed by atoms with Crippen molar-refractivity contribution in [3.05, 3.63) is 0 Å². The van der Waals surface area contributed by atoms with E-state index < -0.39 is 54.3 Å². The van der Waals surface area contributed by atoms with E-state index in [4.69, 9.17) is 14.2 Å². The molecular formula is C14H22N2O8. The predicted molar refractivity (Wildman–Crippen MR) is 78.3 cm³/mol. The second kappa shape index (κ2) is 8.60. The minimum Gasteiger partial charge on any atom is -0.463 e. The summed E-state index contributed by atoms with van der Waals surface area (Å²) in [5.74, 6) is -2.19. The highest BCUT2D eigenvalue weighted by atomic mass is 16.7. The third-order valence-corrected chi connectivity index (χ3v) is 3.22. The number of amides is 2. The van der Waals surface area contributed by atoms with Crippen molar-refractivity contribution in [2.45, 2.75) is 58.3 Å². The van der Waals surface area contributed by atoms with Gasteiger partial charge in [-0.3, -0.25) is 19.2 Å². The van der Waals surface area contributed by atoms with E-state index in [2.05, 4.69) is 10.6 Å². The van der Waals surface area contributed by atoms with Crippen LogP contribution < -0.4 is 10.6 Å². The number of ether oxygens (including phenoxy) is 3. The fourth-order valence-electron chi connectivity index (χ4n) is 2.43. The number of aliphatic hydroxyl groups excluding tert-OH is 1. The molecule has 24 heavy (non-hydrogen) atoms. The highest BCUT2D eigenvalue weighted by molar-refractivity contribution is 5.75. The second-order valence-corrected chi connectivity index (χ2v) is 5.39. The Morgan fingerprint density at radius 3 is 1.96 bits per heavy atom. The van der Waals surface area contributed by atoms with Gasteiger partial charge in [-0.2, -0.15) is 0 Å². The number of carbonyl (C=O) groups excluding carboxylic acids is 4. The maximum absolute atomic E-state index is 11.5. The van der Waals surface area contributed by atoms with Gasteiger partial charge in [0.2, 0.25) is 11.8 Å². The van der Waals surface area contributed by atoms with Crippen LogP contribution in [0, 0.1) is 0 Å². The molecule has 0 aromatic heterocycles. The van der Waals surface area contributed by atoms with Gasteiger partial charge in [-0.05, 0) is 0 Å². The first-order valence-electron chi connectivity index (χ1n) is 7.30. The normalized spacial score (nSPS) is 29.3. The second-order valence-electron chi connectivity index (χ2n) is 5.39. The molecule has 0 radical (unpaired) electrons. The lowest BCUT2D eigenvalue weighted by molar-refractivity contribution is -0.239. The van der Waals surface area contributed by atoms with Gasteiger partial charge in [0.25, 0.3) is 0 Å². The molecule has 1 fully saturated rings. The molecule has 0 spiro atoms. The van der Waals surface area contributed by atoms with Gasteiger partial charge in [-0.15, -0.1) is 0 Å². The maximum atomic E-state index is 11.5. The molecule has 0 unspecified atom stereocenters. The average molecular weight is 346 g/mol. The molecule has 0 bridgehead atoms. The van der Waals surface area contributed by atoms with Crippen molar-refractivity contribution in [3.8, 4) is 0 Å². The third kappa shape index (κ3) is 5.78. The van der Waals surface area contributed by atoms with Crippen LogP contribution in [-0.4, -0.2) is 66.0 Å². The van der Waals surface area contributed by atoms with E-state index in [0.29, 0.717) is 0 Å². The largest absolute Gasteiger partial charge is 0.463 e. The SMILES string of the molecule is CC(=O)N[C@@H]1[C@@H](NC(C)=O)[C@@H](O)O[C@H](COC(C)=O)[C@H]1OC(C)=O. The summed E-state index contributed by atoms with van der Waals surface area (Å²) in [5.41, 5.74) is 0. The van der Waals surface area contributed by atoms with Crippen molar-refractivity contribution in [2.24, 2.45) is 0 Å². The van der Waals surface area contributed by atoms with E-state index in [1.54, 1.807) is 0 Å². The summed E-state index contributed by atoms with van der Waals surface area (Å²) in [6, 6.07) is -2.02. The molecule has 5 atom stereocenters. The fourth-order valence-corrected chi connectivity index (χ4v) is 2.43. The Morgan fingerprint density at radius 1 is 0.958 bits per heavy atom. The van der Waals surface area contributed by atoms with Gasteiger partial charge >= 0.3 is 11.9 Å². The van der Waals surface area contributed by atoms with Crippen molar-refractivity contribution < 1.29 is 38.5 Å². The number of hydrogen-bond donors (Lipinski definition) is 3. The van der Waals surface area contributed by atoms with Crippen molar-refractivity contribution >= 4 is 23.8 Å². The first-order chi connectivity index (χ1) is 11.1. The molecule has 1 aliphatic rings. The van der Waals surface area contributed by atoms with E-state index in [-0.39, 0.29) is 6.61 Å². The lowest BCUT2D eigenvalue weighted by Crippen LogP contribution is -2.69. The molecule has 0 aromatic rings. The van der Waals surface area contributed by atoms with E-state index >= 15 is 0 Å². The molecule has 1 heterocycles.